The van der Waals surface area contributed by atoms with E-state index in [1.54, 1.807) is 36.4 Å². The average molecular weight is 419 g/mol. The highest BCUT2D eigenvalue weighted by Gasteiger charge is 2.54. The van der Waals surface area contributed by atoms with E-state index in [2.05, 4.69) is 11.9 Å². The molecule has 2 aliphatic heterocycles. The molecule has 2 heterocycles. The van der Waals surface area contributed by atoms with Gasteiger partial charge in [-0.3, -0.25) is 14.5 Å². The number of aliphatic carboxylic acids is 1. The number of hydrogen-bond acceptors (Lipinski definition) is 4. The van der Waals surface area contributed by atoms with Crippen molar-refractivity contribution in [2.24, 2.45) is 5.92 Å². The SMILES string of the molecule is C=CCN(C1C2C=CC(O2)C1C(=O)O)[C@@H](C(=O)NC(C)(C)C)c1ccc(Cl)cc1. The monoisotopic (exact) mass is 418 g/mol. The zero-order valence-corrected chi connectivity index (χ0v) is 17.6. The van der Waals surface area contributed by atoms with Crippen LogP contribution in [0.5, 0.6) is 0 Å². The Labute approximate surface area is 176 Å². The molecule has 0 radical (unpaired) electrons. The third-order valence-corrected chi connectivity index (χ3v) is 5.39. The lowest BCUT2D eigenvalue weighted by Gasteiger charge is -2.40. The van der Waals surface area contributed by atoms with Crippen molar-refractivity contribution in [2.45, 2.75) is 50.6 Å². The quantitative estimate of drug-likeness (QED) is 0.665. The van der Waals surface area contributed by atoms with Crippen LogP contribution in [0.1, 0.15) is 32.4 Å². The van der Waals surface area contributed by atoms with Crippen LogP contribution in [-0.4, -0.2) is 52.2 Å². The minimum atomic E-state index is -0.938. The van der Waals surface area contributed by atoms with Crippen LogP contribution in [0.4, 0.5) is 0 Å². The van der Waals surface area contributed by atoms with Crippen molar-refractivity contribution in [2.75, 3.05) is 6.54 Å². The Kier molecular flexibility index (Phi) is 6.17. The van der Waals surface area contributed by atoms with E-state index in [0.717, 1.165) is 5.56 Å². The number of carbonyl (C=O) groups excluding carboxylic acids is 1. The van der Waals surface area contributed by atoms with Crippen LogP contribution in [0.2, 0.25) is 5.02 Å². The number of benzene rings is 1. The molecule has 7 heteroatoms. The van der Waals surface area contributed by atoms with Crippen molar-refractivity contribution in [3.05, 3.63) is 59.7 Å². The topological polar surface area (TPSA) is 78.9 Å². The van der Waals surface area contributed by atoms with Gasteiger partial charge in [-0.1, -0.05) is 42.0 Å². The molecule has 0 aliphatic carbocycles. The minimum Gasteiger partial charge on any atom is -0.481 e. The van der Waals surface area contributed by atoms with E-state index in [-0.39, 0.29) is 5.91 Å². The average Bonchev–Trinajstić information content (AvgIpc) is 3.22. The Morgan fingerprint density at radius 3 is 2.45 bits per heavy atom. The maximum Gasteiger partial charge on any atom is 0.311 e. The van der Waals surface area contributed by atoms with E-state index in [1.165, 1.54) is 0 Å². The van der Waals surface area contributed by atoms with Gasteiger partial charge in [-0.05, 0) is 38.5 Å². The number of amides is 1. The predicted octanol–water partition coefficient (Wildman–Crippen LogP) is 3.19. The first-order valence-corrected chi connectivity index (χ1v) is 10.0. The van der Waals surface area contributed by atoms with Gasteiger partial charge in [0.2, 0.25) is 5.91 Å². The second-order valence-electron chi connectivity index (χ2n) is 8.48. The maximum absolute atomic E-state index is 13.4. The molecule has 1 aromatic rings. The van der Waals surface area contributed by atoms with E-state index >= 15 is 0 Å². The summed E-state index contributed by atoms with van der Waals surface area (Å²) in [7, 11) is 0. The molecule has 2 aliphatic rings. The molecule has 6 nitrogen and oxygen atoms in total. The van der Waals surface area contributed by atoms with Crippen molar-refractivity contribution in [3.8, 4) is 0 Å². The highest BCUT2D eigenvalue weighted by Crippen LogP contribution is 2.41. The van der Waals surface area contributed by atoms with Crippen LogP contribution in [-0.2, 0) is 14.3 Å². The molecule has 0 saturated carbocycles. The number of fused-ring (bicyclic) bond motifs is 2. The molecular weight excluding hydrogens is 392 g/mol. The molecule has 29 heavy (non-hydrogen) atoms. The van der Waals surface area contributed by atoms with Gasteiger partial charge in [0.05, 0.1) is 18.2 Å². The lowest BCUT2D eigenvalue weighted by atomic mass is 9.86. The Morgan fingerprint density at radius 1 is 1.28 bits per heavy atom. The summed E-state index contributed by atoms with van der Waals surface area (Å²) >= 11 is 6.05. The molecule has 0 aromatic heterocycles. The van der Waals surface area contributed by atoms with Gasteiger partial charge in [0.1, 0.15) is 12.0 Å². The van der Waals surface area contributed by atoms with Crippen LogP contribution >= 0.6 is 11.6 Å². The lowest BCUT2D eigenvalue weighted by Crippen LogP contribution is -2.55. The van der Waals surface area contributed by atoms with Crippen molar-refractivity contribution in [1.82, 2.24) is 10.2 Å². The second-order valence-corrected chi connectivity index (χ2v) is 8.92. The first-order valence-electron chi connectivity index (χ1n) is 9.63. The summed E-state index contributed by atoms with van der Waals surface area (Å²) < 4.78 is 5.85. The van der Waals surface area contributed by atoms with Gasteiger partial charge in [-0.25, -0.2) is 0 Å². The van der Waals surface area contributed by atoms with Crippen molar-refractivity contribution in [3.63, 3.8) is 0 Å². The highest BCUT2D eigenvalue weighted by molar-refractivity contribution is 6.30. The van der Waals surface area contributed by atoms with Gasteiger partial charge in [0.25, 0.3) is 0 Å². The molecule has 3 rings (SSSR count). The normalized spacial score (nSPS) is 26.5. The highest BCUT2D eigenvalue weighted by atomic mass is 35.5. The summed E-state index contributed by atoms with van der Waals surface area (Å²) in [6.45, 7) is 9.88. The number of ether oxygens (including phenoxy) is 1. The van der Waals surface area contributed by atoms with Gasteiger partial charge < -0.3 is 15.2 Å². The number of hydrogen-bond donors (Lipinski definition) is 2. The summed E-state index contributed by atoms with van der Waals surface area (Å²) in [5, 5.41) is 13.4. The van der Waals surface area contributed by atoms with Crippen LogP contribution in [0, 0.1) is 5.92 Å². The van der Waals surface area contributed by atoms with Crippen molar-refractivity contribution in [1.29, 1.82) is 0 Å². The summed E-state index contributed by atoms with van der Waals surface area (Å²) in [4.78, 5) is 27.3. The lowest BCUT2D eigenvalue weighted by molar-refractivity contribution is -0.145. The Balaban J connectivity index is 2.05. The number of nitrogens with one attached hydrogen (secondary N) is 1. The molecule has 2 N–H and O–H groups in total. The summed E-state index contributed by atoms with van der Waals surface area (Å²) in [5.74, 6) is -1.91. The molecule has 1 aromatic carbocycles. The smallest absolute Gasteiger partial charge is 0.311 e. The number of halogens is 1. The summed E-state index contributed by atoms with van der Waals surface area (Å²) in [6.07, 6.45) is 4.47. The van der Waals surface area contributed by atoms with E-state index < -0.39 is 41.7 Å². The molecule has 5 atom stereocenters. The molecule has 1 amide bonds. The third kappa shape index (κ3) is 4.55. The Morgan fingerprint density at radius 2 is 1.90 bits per heavy atom. The molecule has 1 fully saturated rings. The van der Waals surface area contributed by atoms with E-state index in [4.69, 9.17) is 16.3 Å². The van der Waals surface area contributed by atoms with Crippen molar-refractivity contribution >= 4 is 23.5 Å². The van der Waals surface area contributed by atoms with Crippen molar-refractivity contribution < 1.29 is 19.4 Å². The van der Waals surface area contributed by atoms with Gasteiger partial charge in [-0.15, -0.1) is 6.58 Å². The first-order chi connectivity index (χ1) is 13.6. The fourth-order valence-electron chi connectivity index (χ4n) is 4.09. The summed E-state index contributed by atoms with van der Waals surface area (Å²) in [5.41, 5.74) is 0.285. The van der Waals surface area contributed by atoms with E-state index in [9.17, 15) is 14.7 Å². The summed E-state index contributed by atoms with van der Waals surface area (Å²) in [6, 6.07) is 5.84. The van der Waals surface area contributed by atoms with Gasteiger partial charge in [0, 0.05) is 17.1 Å². The molecule has 2 bridgehead atoms. The largest absolute Gasteiger partial charge is 0.481 e. The van der Waals surface area contributed by atoms with Crippen LogP contribution < -0.4 is 5.32 Å². The van der Waals surface area contributed by atoms with E-state index in [0.29, 0.717) is 11.6 Å². The minimum absolute atomic E-state index is 0.211. The number of nitrogens with zero attached hydrogens (tertiary/aromatic N) is 1. The molecular formula is C22H27ClN2O4. The van der Waals surface area contributed by atoms with Gasteiger partial charge >= 0.3 is 5.97 Å². The maximum atomic E-state index is 13.4. The molecule has 4 unspecified atom stereocenters. The molecule has 156 valence electrons. The Bertz CT molecular complexity index is 815. The first kappa shape index (κ1) is 21.6. The number of carboxylic acids is 1. The van der Waals surface area contributed by atoms with Crippen LogP contribution in [0.3, 0.4) is 0 Å². The van der Waals surface area contributed by atoms with Gasteiger partial charge in [0.15, 0.2) is 0 Å². The van der Waals surface area contributed by atoms with Crippen LogP contribution in [0.15, 0.2) is 49.1 Å². The zero-order valence-electron chi connectivity index (χ0n) is 16.8. The molecule has 1 saturated heterocycles. The van der Waals surface area contributed by atoms with Crippen LogP contribution in [0.25, 0.3) is 0 Å². The predicted molar refractivity (Wildman–Crippen MR) is 112 cm³/mol. The van der Waals surface area contributed by atoms with Gasteiger partial charge in [-0.2, -0.15) is 0 Å². The number of carbonyl (C=O) groups is 2. The standard InChI is InChI=1S/C22H27ClN2O4/c1-5-12-25(19-16-11-10-15(29-16)17(19)21(27)28)18(20(26)24-22(2,3)4)13-6-8-14(23)9-7-13/h5-11,15-19H,1,12H2,2-4H3,(H,24,26)(H,27,28)/t15?,16?,17?,18-,19?/m1/s1. The number of carboxylic acid groups (broad SMARTS) is 1. The Hall–Kier alpha value is -2.15. The number of rotatable bonds is 7. The van der Waals surface area contributed by atoms with E-state index in [1.807, 2.05) is 31.7 Å². The molecule has 0 spiro atoms. The third-order valence-electron chi connectivity index (χ3n) is 5.14. The fraction of sp³-hybridized carbons (Fsp3) is 0.455. The zero-order chi connectivity index (χ0) is 21.3. The fourth-order valence-corrected chi connectivity index (χ4v) is 4.22. The second kappa shape index (κ2) is 8.30.